The minimum absolute atomic E-state index is 0. The molecule has 0 bridgehead atoms. The molecule has 0 rings (SSSR count). The van der Waals surface area contributed by atoms with Crippen LogP contribution in [0.15, 0.2) is 0 Å². The standard InChI is InChI=1S/Al.BH5Si.Ga.6H/c;1-2;;;;;;;/h;1H2,2H3;;;;;;;. The Kier molecular flexibility index (Phi) is 113. The second kappa shape index (κ2) is 25.2. The van der Waals surface area contributed by atoms with Gasteiger partial charge in [-0.3, -0.25) is 0 Å². The van der Waals surface area contributed by atoms with E-state index >= 15 is 0 Å². The Bertz CT molecular complexity index is 8.00. The molecule has 0 aliphatic carbocycles. The van der Waals surface area contributed by atoms with Gasteiger partial charge in [-0.15, -0.1) is 0 Å². The Labute approximate surface area is 54.7 Å². The van der Waals surface area contributed by atoms with Crippen molar-refractivity contribution >= 4 is 54.7 Å². The molecule has 4 heteroatoms. The van der Waals surface area contributed by atoms with E-state index in [2.05, 4.69) is 7.44 Å². The van der Waals surface area contributed by atoms with Gasteiger partial charge in [-0.25, -0.2) is 0 Å². The first kappa shape index (κ1) is 18.0. The van der Waals surface area contributed by atoms with E-state index in [9.17, 15) is 0 Å². The van der Waals surface area contributed by atoms with Crippen LogP contribution in [0.1, 0.15) is 0 Å². The molecule has 0 radical (unpaired) electrons. The van der Waals surface area contributed by atoms with Crippen LogP contribution >= 0.6 is 0 Å². The summed E-state index contributed by atoms with van der Waals surface area (Å²) in [7, 11) is 3.44. The number of rotatable bonds is 0. The van der Waals surface area contributed by atoms with E-state index in [0.29, 0.717) is 0 Å². The molecule has 0 unspecified atom stereocenters. The summed E-state index contributed by atoms with van der Waals surface area (Å²) in [4.78, 5) is 0. The van der Waals surface area contributed by atoms with Crippen molar-refractivity contribution in [1.82, 2.24) is 0 Å². The minimum atomic E-state index is 0. The Balaban J connectivity index is -0.00000000500. The van der Waals surface area contributed by atoms with Crippen molar-refractivity contribution in [3.8, 4) is 0 Å². The van der Waals surface area contributed by atoms with Crippen LogP contribution in [-0.2, 0) is 0 Å². The third-order valence-electron chi connectivity index (χ3n) is 0. The van der Waals surface area contributed by atoms with Gasteiger partial charge in [0.1, 0.15) is 0 Å². The van der Waals surface area contributed by atoms with Crippen LogP contribution in [0.5, 0.6) is 0 Å². The molecule has 0 heterocycles. The van der Waals surface area contributed by atoms with Gasteiger partial charge in [0.2, 0.25) is 0 Å². The monoisotopic (exact) mass is 146 g/mol. The van der Waals surface area contributed by atoms with Gasteiger partial charge in [0.25, 0.3) is 0 Å². The van der Waals surface area contributed by atoms with Crippen molar-refractivity contribution < 1.29 is 0 Å². The summed E-state index contributed by atoms with van der Waals surface area (Å²) in [5.74, 6) is 0. The van der Waals surface area contributed by atoms with Gasteiger partial charge in [-0.1, -0.05) is 0 Å². The molecule has 4 heavy (non-hydrogen) atoms. The average molecular weight is 147 g/mol. The van der Waals surface area contributed by atoms with E-state index in [1.54, 1.807) is 0 Å². The number of hydrogen-bond donors (Lipinski definition) is 0. The molecule has 0 aromatic heterocycles. The second-order valence-electron chi connectivity index (χ2n) is 0. The van der Waals surface area contributed by atoms with Gasteiger partial charge in [0, 0.05) is 0 Å². The Morgan fingerprint density at radius 3 is 1.25 bits per heavy atom. The van der Waals surface area contributed by atoms with Gasteiger partial charge < -0.3 is 0 Å². The second-order valence-corrected chi connectivity index (χ2v) is 0. The van der Waals surface area contributed by atoms with E-state index in [4.69, 9.17) is 0 Å². The molecule has 0 spiro atoms. The fourth-order valence-electron chi connectivity index (χ4n) is 0. The fourth-order valence-corrected chi connectivity index (χ4v) is 0. The van der Waals surface area contributed by atoms with E-state index in [1.807, 2.05) is 0 Å². The van der Waals surface area contributed by atoms with E-state index < -0.39 is 0 Å². The van der Waals surface area contributed by atoms with Crippen molar-refractivity contribution in [1.29, 1.82) is 0 Å². The molecule has 0 nitrogen and oxygen atoms in total. The maximum absolute atomic E-state index is 2.14. The first-order chi connectivity index (χ1) is 1.00. The molecule has 0 fully saturated rings. The van der Waals surface area contributed by atoms with Crippen molar-refractivity contribution in [2.24, 2.45) is 0 Å². The molecule has 0 aliphatic heterocycles. The molecule has 0 aliphatic rings. The van der Waals surface area contributed by atoms with Crippen LogP contribution in [0.4, 0.5) is 0 Å². The van der Waals surface area contributed by atoms with Crippen molar-refractivity contribution in [2.45, 2.75) is 0 Å². The van der Waals surface area contributed by atoms with E-state index in [-0.39, 0.29) is 37.2 Å². The Morgan fingerprint density at radius 2 is 1.25 bits per heavy atom. The zero-order valence-electron chi connectivity index (χ0n) is 2.00. The van der Waals surface area contributed by atoms with Crippen LogP contribution in [0, 0.1) is 0 Å². The van der Waals surface area contributed by atoms with Crippen LogP contribution in [0.25, 0.3) is 0 Å². The quantitative estimate of drug-likeness (QED) is 0.303. The summed E-state index contributed by atoms with van der Waals surface area (Å²) >= 11 is 0. The molecule has 0 aromatic carbocycles. The molecule has 0 saturated heterocycles. The summed E-state index contributed by atoms with van der Waals surface area (Å²) in [6, 6.07) is 0. The molecule has 0 amide bonds. The fraction of sp³-hybridized carbons (Fsp3) is 0. The number of hydrogen-bond acceptors (Lipinski definition) is 0. The van der Waals surface area contributed by atoms with Crippen LogP contribution in [0.3, 0.4) is 0 Å². The average Bonchev–Trinajstić information content (AvgIpc) is 1.00. The first-order valence-corrected chi connectivity index (χ1v) is 3.00. The predicted molar refractivity (Wildman–Crippen MR) is 38.4 cm³/mol. The summed E-state index contributed by atoms with van der Waals surface area (Å²) < 4.78 is 0. The zero-order valence-corrected chi connectivity index (χ0v) is 4.00. The van der Waals surface area contributed by atoms with E-state index in [1.165, 1.54) is 10.1 Å². The molecule has 24 valence electrons. The summed E-state index contributed by atoms with van der Waals surface area (Å²) in [5, 5.41) is 0. The molecule has 0 aromatic rings. The SMILES string of the molecule is B[SiH3].[AlH3].[GaH3]. The van der Waals surface area contributed by atoms with Gasteiger partial charge >= 0.3 is 19.8 Å². The molecule has 0 N–H and O–H groups in total. The summed E-state index contributed by atoms with van der Waals surface area (Å²) in [6.07, 6.45) is 0. The van der Waals surface area contributed by atoms with Gasteiger partial charge in [0.15, 0.2) is 17.4 Å². The maximum atomic E-state index is 2.14. The van der Waals surface area contributed by atoms with E-state index in [0.717, 1.165) is 0 Å². The van der Waals surface area contributed by atoms with Crippen molar-refractivity contribution in [2.75, 3.05) is 0 Å². The van der Waals surface area contributed by atoms with Crippen molar-refractivity contribution in [3.63, 3.8) is 0 Å². The third-order valence-corrected chi connectivity index (χ3v) is 0. The Morgan fingerprint density at radius 1 is 1.25 bits per heavy atom. The topological polar surface area (TPSA) is 0 Å². The molecule has 0 saturated carbocycles. The summed E-state index contributed by atoms with van der Waals surface area (Å²) in [6.45, 7) is 0. The van der Waals surface area contributed by atoms with Crippen LogP contribution < -0.4 is 0 Å². The summed E-state index contributed by atoms with van der Waals surface area (Å²) in [5.41, 5.74) is 0. The predicted octanol–water partition coefficient (Wildman–Crippen LogP) is -4.47. The molecule has 0 atom stereocenters. The Hall–Kier alpha value is 1.45. The van der Waals surface area contributed by atoms with Crippen LogP contribution in [0.2, 0.25) is 0 Å². The van der Waals surface area contributed by atoms with Gasteiger partial charge in [-0.05, 0) is 10.1 Å². The molecular weight excluding hydrogens is 136 g/mol. The van der Waals surface area contributed by atoms with Crippen LogP contribution in [-0.4, -0.2) is 54.7 Å². The first-order valence-electron chi connectivity index (χ1n) is 1.00. The van der Waals surface area contributed by atoms with Gasteiger partial charge in [0.05, 0.1) is 7.44 Å². The van der Waals surface area contributed by atoms with Crippen molar-refractivity contribution in [3.05, 3.63) is 0 Å². The molecular formula is H11AlBGaSi. The third kappa shape index (κ3) is 9.85. The van der Waals surface area contributed by atoms with Gasteiger partial charge in [-0.2, -0.15) is 0 Å². The zero-order chi connectivity index (χ0) is 2.00. The normalized spacial score (nSPS) is 2.00.